The minimum Gasteiger partial charge on any atom is -0.228 e. The van der Waals surface area contributed by atoms with E-state index < -0.39 is 0 Å². The van der Waals surface area contributed by atoms with Crippen LogP contribution in [0.15, 0.2) is 115 Å². The van der Waals surface area contributed by atoms with Crippen LogP contribution in [0.3, 0.4) is 0 Å². The Morgan fingerprint density at radius 1 is 0.515 bits per heavy atom. The lowest BCUT2D eigenvalue weighted by atomic mass is 9.96. The van der Waals surface area contributed by atoms with Gasteiger partial charge in [-0.3, -0.25) is 0 Å². The summed E-state index contributed by atoms with van der Waals surface area (Å²) >= 11 is 6.23. The zero-order valence-corrected chi connectivity index (χ0v) is 18.5. The molecular weight excluding hydrogens is 424 g/mol. The first kappa shape index (κ1) is 19.7. The van der Waals surface area contributed by atoms with Crippen molar-refractivity contribution in [3.05, 3.63) is 120 Å². The molecule has 33 heavy (non-hydrogen) atoms. The molecule has 0 fully saturated rings. The van der Waals surface area contributed by atoms with Gasteiger partial charge in [0.25, 0.3) is 0 Å². The van der Waals surface area contributed by atoms with Gasteiger partial charge in [-0.25, -0.2) is 9.97 Å². The van der Waals surface area contributed by atoms with E-state index >= 15 is 0 Å². The van der Waals surface area contributed by atoms with Crippen LogP contribution in [0.25, 0.3) is 55.4 Å². The summed E-state index contributed by atoms with van der Waals surface area (Å²) in [7, 11) is 0. The maximum Gasteiger partial charge on any atom is 0.160 e. The van der Waals surface area contributed by atoms with Gasteiger partial charge >= 0.3 is 0 Å². The first-order valence-corrected chi connectivity index (χ1v) is 11.3. The Bertz CT molecular complexity index is 1620. The molecule has 1 aromatic heterocycles. The van der Waals surface area contributed by atoms with Crippen LogP contribution in [-0.2, 0) is 0 Å². The second-order valence-corrected chi connectivity index (χ2v) is 8.46. The summed E-state index contributed by atoms with van der Waals surface area (Å²) in [5, 5.41) is 4.20. The van der Waals surface area contributed by atoms with Crippen molar-refractivity contribution in [3.8, 4) is 33.8 Å². The highest BCUT2D eigenvalue weighted by molar-refractivity contribution is 6.30. The molecular formula is C30H19ClN2. The molecule has 156 valence electrons. The minimum absolute atomic E-state index is 0.671. The van der Waals surface area contributed by atoms with Crippen molar-refractivity contribution >= 4 is 33.3 Å². The molecule has 0 amide bonds. The van der Waals surface area contributed by atoms with Crippen molar-refractivity contribution in [2.24, 2.45) is 0 Å². The third kappa shape index (κ3) is 3.65. The Balaban J connectivity index is 1.49. The summed E-state index contributed by atoms with van der Waals surface area (Å²) in [6, 6.07) is 39.4. The molecule has 0 aliphatic carbocycles. The van der Waals surface area contributed by atoms with Crippen molar-refractivity contribution in [1.82, 2.24) is 9.97 Å². The number of halogens is 1. The zero-order chi connectivity index (χ0) is 22.2. The standard InChI is InChI=1S/C30H19ClN2/c31-24-10-5-9-23(19-24)30-32-28-14-4-3-12-27(28)29(33-30)22-17-15-21(16-18-22)26-13-6-8-20-7-1-2-11-25(20)26/h1-19H. The fourth-order valence-corrected chi connectivity index (χ4v) is 4.53. The summed E-state index contributed by atoms with van der Waals surface area (Å²) in [6.07, 6.45) is 0. The van der Waals surface area contributed by atoms with Gasteiger partial charge < -0.3 is 0 Å². The van der Waals surface area contributed by atoms with Crippen LogP contribution < -0.4 is 0 Å². The monoisotopic (exact) mass is 442 g/mol. The van der Waals surface area contributed by atoms with Gasteiger partial charge in [0.2, 0.25) is 0 Å². The zero-order valence-electron chi connectivity index (χ0n) is 17.7. The molecule has 2 nitrogen and oxygen atoms in total. The van der Waals surface area contributed by atoms with Crippen LogP contribution >= 0.6 is 11.6 Å². The Kier molecular flexibility index (Phi) is 4.86. The van der Waals surface area contributed by atoms with E-state index in [1.165, 1.54) is 21.9 Å². The van der Waals surface area contributed by atoms with E-state index in [0.717, 1.165) is 27.7 Å². The van der Waals surface area contributed by atoms with E-state index in [9.17, 15) is 0 Å². The highest BCUT2D eigenvalue weighted by Gasteiger charge is 2.12. The predicted molar refractivity (Wildman–Crippen MR) is 138 cm³/mol. The van der Waals surface area contributed by atoms with Gasteiger partial charge in [-0.15, -0.1) is 0 Å². The molecule has 0 aliphatic rings. The maximum atomic E-state index is 6.23. The van der Waals surface area contributed by atoms with Crippen LogP contribution in [0, 0.1) is 0 Å². The molecule has 0 aliphatic heterocycles. The molecule has 1 heterocycles. The lowest BCUT2D eigenvalue weighted by Gasteiger charge is -2.11. The van der Waals surface area contributed by atoms with E-state index in [1.807, 2.05) is 42.5 Å². The van der Waals surface area contributed by atoms with Crippen LogP contribution in [0.5, 0.6) is 0 Å². The number of hydrogen-bond acceptors (Lipinski definition) is 2. The predicted octanol–water partition coefficient (Wildman–Crippen LogP) is 8.44. The van der Waals surface area contributed by atoms with Gasteiger partial charge in [0, 0.05) is 21.5 Å². The first-order chi connectivity index (χ1) is 16.3. The van der Waals surface area contributed by atoms with E-state index in [1.54, 1.807) is 0 Å². The largest absolute Gasteiger partial charge is 0.228 e. The first-order valence-electron chi connectivity index (χ1n) is 10.9. The van der Waals surface area contributed by atoms with Gasteiger partial charge in [0.15, 0.2) is 5.82 Å². The Labute approximate surface area is 197 Å². The quantitative estimate of drug-likeness (QED) is 0.275. The molecule has 0 N–H and O–H groups in total. The van der Waals surface area contributed by atoms with Crippen LogP contribution in [0.2, 0.25) is 5.02 Å². The average molecular weight is 443 g/mol. The van der Waals surface area contributed by atoms with Crippen LogP contribution in [0.1, 0.15) is 0 Å². The van der Waals surface area contributed by atoms with Crippen molar-refractivity contribution in [3.63, 3.8) is 0 Å². The molecule has 0 unspecified atom stereocenters. The van der Waals surface area contributed by atoms with Crippen LogP contribution in [0.4, 0.5) is 0 Å². The summed E-state index contributed by atoms with van der Waals surface area (Å²) in [5.41, 5.74) is 6.20. The lowest BCUT2D eigenvalue weighted by molar-refractivity contribution is 1.23. The Morgan fingerprint density at radius 3 is 2.06 bits per heavy atom. The van der Waals surface area contributed by atoms with Crippen molar-refractivity contribution in [2.75, 3.05) is 0 Å². The number of fused-ring (bicyclic) bond motifs is 2. The number of aromatic nitrogens is 2. The molecule has 0 radical (unpaired) electrons. The summed E-state index contributed by atoms with van der Waals surface area (Å²) in [4.78, 5) is 9.77. The molecule has 6 aromatic rings. The van der Waals surface area contributed by atoms with Gasteiger partial charge in [0.05, 0.1) is 11.2 Å². The van der Waals surface area contributed by atoms with Gasteiger partial charge in [0.1, 0.15) is 0 Å². The van der Waals surface area contributed by atoms with E-state index in [-0.39, 0.29) is 0 Å². The third-order valence-corrected chi connectivity index (χ3v) is 6.18. The summed E-state index contributed by atoms with van der Waals surface area (Å²) in [5.74, 6) is 0.671. The second-order valence-electron chi connectivity index (χ2n) is 8.03. The summed E-state index contributed by atoms with van der Waals surface area (Å²) < 4.78 is 0. The molecule has 6 rings (SSSR count). The molecule has 3 heteroatoms. The van der Waals surface area contributed by atoms with Crippen molar-refractivity contribution in [2.45, 2.75) is 0 Å². The van der Waals surface area contributed by atoms with E-state index in [4.69, 9.17) is 21.6 Å². The third-order valence-electron chi connectivity index (χ3n) is 5.95. The highest BCUT2D eigenvalue weighted by atomic mass is 35.5. The SMILES string of the molecule is Clc1cccc(-c2nc(-c3ccc(-c4cccc5ccccc45)cc3)c3ccccc3n2)c1. The van der Waals surface area contributed by atoms with Crippen molar-refractivity contribution < 1.29 is 0 Å². The lowest BCUT2D eigenvalue weighted by Crippen LogP contribution is -1.95. The second kappa shape index (κ2) is 8.16. The minimum atomic E-state index is 0.671. The Morgan fingerprint density at radius 2 is 1.21 bits per heavy atom. The molecule has 5 aromatic carbocycles. The maximum absolute atomic E-state index is 6.23. The number of para-hydroxylation sites is 1. The van der Waals surface area contributed by atoms with Gasteiger partial charge in [-0.2, -0.15) is 0 Å². The van der Waals surface area contributed by atoms with E-state index in [0.29, 0.717) is 10.8 Å². The number of hydrogen-bond donors (Lipinski definition) is 0. The van der Waals surface area contributed by atoms with E-state index in [2.05, 4.69) is 72.8 Å². The molecule has 0 spiro atoms. The molecule has 0 saturated carbocycles. The smallest absolute Gasteiger partial charge is 0.160 e. The Hall–Kier alpha value is -4.01. The average Bonchev–Trinajstić information content (AvgIpc) is 2.88. The normalized spacial score (nSPS) is 11.2. The fourth-order valence-electron chi connectivity index (χ4n) is 4.34. The van der Waals surface area contributed by atoms with Crippen molar-refractivity contribution in [1.29, 1.82) is 0 Å². The molecule has 0 bridgehead atoms. The summed E-state index contributed by atoms with van der Waals surface area (Å²) in [6.45, 7) is 0. The topological polar surface area (TPSA) is 25.8 Å². The fraction of sp³-hybridized carbons (Fsp3) is 0. The molecule has 0 atom stereocenters. The van der Waals surface area contributed by atoms with Gasteiger partial charge in [-0.1, -0.05) is 109 Å². The number of nitrogens with zero attached hydrogens (tertiary/aromatic N) is 2. The van der Waals surface area contributed by atoms with Gasteiger partial charge in [-0.05, 0) is 40.1 Å². The molecule has 0 saturated heterocycles. The number of rotatable bonds is 3. The number of benzene rings is 5. The highest BCUT2D eigenvalue weighted by Crippen LogP contribution is 2.33. The van der Waals surface area contributed by atoms with Crippen LogP contribution in [-0.4, -0.2) is 9.97 Å².